The van der Waals surface area contributed by atoms with Gasteiger partial charge in [-0.25, -0.2) is 0 Å². The van der Waals surface area contributed by atoms with Gasteiger partial charge in [-0.1, -0.05) is 12.1 Å². The molecule has 0 saturated carbocycles. The first kappa shape index (κ1) is 18.3. The Morgan fingerprint density at radius 1 is 1.23 bits per heavy atom. The Labute approximate surface area is 149 Å². The number of ether oxygens (including phenoxy) is 2. The molecule has 0 spiro atoms. The van der Waals surface area contributed by atoms with Crippen LogP contribution in [0.3, 0.4) is 0 Å². The average Bonchev–Trinajstić information content (AvgIpc) is 3.03. The van der Waals surface area contributed by atoms with Crippen molar-refractivity contribution in [1.82, 2.24) is 15.0 Å². The molecule has 1 N–H and O–H groups in total. The minimum atomic E-state index is -4.48. The van der Waals surface area contributed by atoms with Gasteiger partial charge in [0.25, 0.3) is 0 Å². The number of methoxy groups -OCH3 is 1. The summed E-state index contributed by atoms with van der Waals surface area (Å²) in [6, 6.07) is 8.46. The molecule has 10 heteroatoms. The van der Waals surface area contributed by atoms with E-state index in [2.05, 4.69) is 15.0 Å². The number of aromatic amines is 1. The van der Waals surface area contributed by atoms with E-state index < -0.39 is 24.0 Å². The standard InChI is InChI=1S/C16H14F3N3O3S/c1-24-14-12(20-7-6-13(14)25-9-16(17,18)19)8-26(23)15-21-10-4-2-3-5-11(10)22-15/h2-7H,8-9H2,1H3,(H,21,22). The maximum absolute atomic E-state index is 12.6. The molecule has 2 heterocycles. The number of fused-ring (bicyclic) bond motifs is 1. The van der Waals surface area contributed by atoms with E-state index in [4.69, 9.17) is 9.47 Å². The van der Waals surface area contributed by atoms with Gasteiger partial charge in [0, 0.05) is 23.4 Å². The number of benzene rings is 1. The van der Waals surface area contributed by atoms with Crippen LogP contribution in [0, 0.1) is 0 Å². The topological polar surface area (TPSA) is 83.1 Å². The van der Waals surface area contributed by atoms with Crippen LogP contribution in [0.1, 0.15) is 5.69 Å². The molecule has 138 valence electrons. The number of hydrogen-bond acceptors (Lipinski definition) is 5. The highest BCUT2D eigenvalue weighted by Gasteiger charge is 2.30. The van der Waals surface area contributed by atoms with Gasteiger partial charge in [0.05, 0.1) is 18.1 Å². The van der Waals surface area contributed by atoms with Gasteiger partial charge in [-0.3, -0.25) is 9.97 Å². The summed E-state index contributed by atoms with van der Waals surface area (Å²) >= 11 is -1.60. The molecule has 1 unspecified atom stereocenters. The summed E-state index contributed by atoms with van der Waals surface area (Å²) < 4.78 is 59.6. The van der Waals surface area contributed by atoms with E-state index in [-0.39, 0.29) is 28.1 Å². The molecule has 6 nitrogen and oxygen atoms in total. The zero-order valence-electron chi connectivity index (χ0n) is 13.5. The van der Waals surface area contributed by atoms with Gasteiger partial charge in [-0.2, -0.15) is 18.2 Å². The van der Waals surface area contributed by atoms with Crippen LogP contribution in [0.25, 0.3) is 11.0 Å². The number of hydrogen-bond donors (Lipinski definition) is 1. The SMILES string of the molecule is COc1c(OCC(F)(F)F)ccnc1C[S+]([O-])c1nc2ccccc2[nH]1. The van der Waals surface area contributed by atoms with Crippen molar-refractivity contribution in [3.8, 4) is 11.5 Å². The minimum Gasteiger partial charge on any atom is -0.609 e. The molecule has 0 saturated heterocycles. The number of alkyl halides is 3. The third kappa shape index (κ3) is 4.20. The second-order valence-electron chi connectivity index (χ2n) is 5.24. The van der Waals surface area contributed by atoms with Crippen LogP contribution < -0.4 is 9.47 Å². The van der Waals surface area contributed by atoms with Crippen molar-refractivity contribution in [3.63, 3.8) is 0 Å². The Hall–Kier alpha value is -2.46. The largest absolute Gasteiger partial charge is 0.609 e. The summed E-state index contributed by atoms with van der Waals surface area (Å²) in [5.41, 5.74) is 1.61. The number of nitrogens with one attached hydrogen (secondary N) is 1. The van der Waals surface area contributed by atoms with Crippen molar-refractivity contribution in [2.24, 2.45) is 0 Å². The first-order valence-electron chi connectivity index (χ1n) is 7.42. The van der Waals surface area contributed by atoms with Gasteiger partial charge in [-0.15, -0.1) is 0 Å². The summed E-state index contributed by atoms with van der Waals surface area (Å²) in [6.07, 6.45) is -3.20. The van der Waals surface area contributed by atoms with E-state index in [1.54, 1.807) is 12.1 Å². The average molecular weight is 385 g/mol. The quantitative estimate of drug-likeness (QED) is 0.659. The van der Waals surface area contributed by atoms with Crippen LogP contribution in [-0.4, -0.2) is 39.4 Å². The Balaban J connectivity index is 1.82. The second kappa shape index (κ2) is 7.42. The molecule has 0 fully saturated rings. The first-order chi connectivity index (χ1) is 12.4. The Morgan fingerprint density at radius 2 is 2.00 bits per heavy atom. The summed E-state index contributed by atoms with van der Waals surface area (Å²) in [4.78, 5) is 11.3. The molecule has 0 aliphatic rings. The van der Waals surface area contributed by atoms with E-state index in [1.165, 1.54) is 19.4 Å². The number of nitrogens with zero attached hydrogens (tertiary/aromatic N) is 2. The third-order valence-electron chi connectivity index (χ3n) is 3.39. The van der Waals surface area contributed by atoms with Crippen LogP contribution in [0.15, 0.2) is 41.7 Å². The van der Waals surface area contributed by atoms with E-state index >= 15 is 0 Å². The highest BCUT2D eigenvalue weighted by atomic mass is 32.2. The molecule has 26 heavy (non-hydrogen) atoms. The van der Waals surface area contributed by atoms with Crippen molar-refractivity contribution < 1.29 is 27.2 Å². The van der Waals surface area contributed by atoms with Gasteiger partial charge in [-0.05, 0) is 12.1 Å². The molecule has 1 aromatic carbocycles. The van der Waals surface area contributed by atoms with Crippen molar-refractivity contribution in [2.75, 3.05) is 13.7 Å². The lowest BCUT2D eigenvalue weighted by atomic mass is 10.3. The smallest absolute Gasteiger partial charge is 0.422 e. The summed E-state index contributed by atoms with van der Waals surface area (Å²) in [5, 5.41) is 0.247. The van der Waals surface area contributed by atoms with Crippen molar-refractivity contribution in [2.45, 2.75) is 17.1 Å². The fourth-order valence-corrected chi connectivity index (χ4v) is 3.31. The van der Waals surface area contributed by atoms with Gasteiger partial charge in [0.2, 0.25) is 0 Å². The normalized spacial score (nSPS) is 13.0. The van der Waals surface area contributed by atoms with E-state index in [9.17, 15) is 17.7 Å². The Bertz CT molecular complexity index is 868. The predicted molar refractivity (Wildman–Crippen MR) is 88.5 cm³/mol. The molecule has 0 radical (unpaired) electrons. The number of rotatable bonds is 6. The number of para-hydroxylation sites is 2. The van der Waals surface area contributed by atoms with Crippen LogP contribution >= 0.6 is 0 Å². The highest BCUT2D eigenvalue weighted by molar-refractivity contribution is 7.90. The fraction of sp³-hybridized carbons (Fsp3) is 0.250. The van der Waals surface area contributed by atoms with Crippen LogP contribution in [0.5, 0.6) is 11.5 Å². The Kier molecular flexibility index (Phi) is 5.23. The monoisotopic (exact) mass is 385 g/mol. The molecule has 1 atom stereocenters. The van der Waals surface area contributed by atoms with Crippen LogP contribution in [-0.2, 0) is 16.9 Å². The van der Waals surface area contributed by atoms with Gasteiger partial charge >= 0.3 is 11.3 Å². The number of aromatic nitrogens is 3. The molecule has 0 amide bonds. The summed E-state index contributed by atoms with van der Waals surface area (Å²) in [5.74, 6) is -0.190. The number of imidazole rings is 1. The summed E-state index contributed by atoms with van der Waals surface area (Å²) in [7, 11) is 1.28. The minimum absolute atomic E-state index is 0.0150. The van der Waals surface area contributed by atoms with E-state index in [0.29, 0.717) is 5.52 Å². The molecule has 3 aromatic rings. The zero-order chi connectivity index (χ0) is 18.7. The molecule has 0 bridgehead atoms. The number of halogens is 3. The summed E-state index contributed by atoms with van der Waals surface area (Å²) in [6.45, 7) is -1.46. The zero-order valence-corrected chi connectivity index (χ0v) is 14.4. The lowest BCUT2D eigenvalue weighted by Gasteiger charge is -2.15. The lowest BCUT2D eigenvalue weighted by molar-refractivity contribution is -0.153. The van der Waals surface area contributed by atoms with E-state index in [1.807, 2.05) is 12.1 Å². The Morgan fingerprint density at radius 3 is 2.69 bits per heavy atom. The second-order valence-corrected chi connectivity index (χ2v) is 6.61. The third-order valence-corrected chi connectivity index (χ3v) is 4.55. The molecule has 2 aromatic heterocycles. The van der Waals surface area contributed by atoms with Gasteiger partial charge in [0.1, 0.15) is 5.69 Å². The van der Waals surface area contributed by atoms with Crippen molar-refractivity contribution in [3.05, 3.63) is 42.2 Å². The molecule has 3 rings (SSSR count). The first-order valence-corrected chi connectivity index (χ1v) is 8.74. The van der Waals surface area contributed by atoms with Crippen molar-refractivity contribution >= 4 is 22.2 Å². The fourth-order valence-electron chi connectivity index (χ4n) is 2.30. The van der Waals surface area contributed by atoms with Crippen molar-refractivity contribution in [1.29, 1.82) is 0 Å². The van der Waals surface area contributed by atoms with Gasteiger partial charge < -0.3 is 14.0 Å². The number of H-pyrrole nitrogens is 1. The lowest BCUT2D eigenvalue weighted by Crippen LogP contribution is -2.20. The maximum atomic E-state index is 12.6. The van der Waals surface area contributed by atoms with E-state index in [0.717, 1.165) is 5.52 Å². The van der Waals surface area contributed by atoms with Crippen LogP contribution in [0.2, 0.25) is 0 Å². The number of pyridine rings is 1. The highest BCUT2D eigenvalue weighted by Crippen LogP contribution is 2.32. The molecule has 0 aliphatic heterocycles. The molecular weight excluding hydrogens is 371 g/mol. The van der Waals surface area contributed by atoms with Gasteiger partial charge in [0.15, 0.2) is 23.9 Å². The predicted octanol–water partition coefficient (Wildman–Crippen LogP) is 3.22. The molecule has 0 aliphatic carbocycles. The maximum Gasteiger partial charge on any atom is 0.422 e. The van der Waals surface area contributed by atoms with Crippen LogP contribution in [0.4, 0.5) is 13.2 Å². The molecular formula is C16H14F3N3O3S.